The summed E-state index contributed by atoms with van der Waals surface area (Å²) in [5.41, 5.74) is 8.52. The minimum Gasteiger partial charge on any atom is -0.383 e. The number of nitriles is 1. The summed E-state index contributed by atoms with van der Waals surface area (Å²) in [4.78, 5) is 5.26. The van der Waals surface area contributed by atoms with E-state index in [-0.39, 0.29) is 5.82 Å². The van der Waals surface area contributed by atoms with E-state index in [1.54, 1.807) is 12.1 Å². The van der Waals surface area contributed by atoms with E-state index in [9.17, 15) is 5.26 Å². The van der Waals surface area contributed by atoms with Crippen molar-refractivity contribution < 1.29 is 0 Å². The van der Waals surface area contributed by atoms with Crippen LogP contribution in [0.25, 0.3) is 21.7 Å². The van der Waals surface area contributed by atoms with E-state index < -0.39 is 0 Å². The van der Waals surface area contributed by atoms with Gasteiger partial charge in [0, 0.05) is 25.9 Å². The molecule has 1 aromatic carbocycles. The molecule has 114 valence electrons. The molecule has 2 aromatic heterocycles. The van der Waals surface area contributed by atoms with Crippen molar-refractivity contribution in [2.24, 2.45) is 0 Å². The molecule has 3 aromatic rings. The number of hydrogen-bond acceptors (Lipinski definition) is 4. The molecule has 23 heavy (non-hydrogen) atoms. The van der Waals surface area contributed by atoms with Crippen LogP contribution in [0.4, 0.5) is 5.82 Å². The van der Waals surface area contributed by atoms with Gasteiger partial charge in [0.2, 0.25) is 0 Å². The van der Waals surface area contributed by atoms with Crippen molar-refractivity contribution in [1.29, 1.82) is 5.26 Å². The Kier molecular flexibility index (Phi) is 4.60. The van der Waals surface area contributed by atoms with E-state index in [1.165, 1.54) is 11.3 Å². The minimum atomic E-state index is 0.190. The third-order valence-electron chi connectivity index (χ3n) is 3.21. The summed E-state index contributed by atoms with van der Waals surface area (Å²) in [5, 5.41) is 12.3. The summed E-state index contributed by atoms with van der Waals surface area (Å²) in [6.07, 6.45) is 0. The fourth-order valence-electron chi connectivity index (χ4n) is 2.13. The molecule has 0 amide bonds. The molecule has 0 aliphatic carbocycles. The van der Waals surface area contributed by atoms with Crippen LogP contribution in [0.2, 0.25) is 10.0 Å². The predicted molar refractivity (Wildman–Crippen MR) is 99.8 cm³/mol. The van der Waals surface area contributed by atoms with Gasteiger partial charge in [-0.2, -0.15) is 5.26 Å². The Morgan fingerprint density at radius 2 is 1.96 bits per heavy atom. The molecular formula is C16H8BrCl2N3S. The maximum atomic E-state index is 9.39. The quantitative estimate of drug-likeness (QED) is 0.548. The highest BCUT2D eigenvalue weighted by Crippen LogP contribution is 2.37. The summed E-state index contributed by atoms with van der Waals surface area (Å²) < 4.78 is 0.952. The van der Waals surface area contributed by atoms with Gasteiger partial charge in [-0.15, -0.1) is 11.3 Å². The molecule has 0 bridgehead atoms. The maximum absolute atomic E-state index is 9.39. The van der Waals surface area contributed by atoms with Crippen molar-refractivity contribution in [3.63, 3.8) is 0 Å². The van der Waals surface area contributed by atoms with Crippen molar-refractivity contribution in [1.82, 2.24) is 4.98 Å². The fraction of sp³-hybridized carbons (Fsp3) is 0. The highest BCUT2D eigenvalue weighted by atomic mass is 79.9. The first kappa shape index (κ1) is 16.3. The van der Waals surface area contributed by atoms with E-state index in [0.29, 0.717) is 21.3 Å². The van der Waals surface area contributed by atoms with Crippen LogP contribution < -0.4 is 5.73 Å². The Balaban J connectivity index is 2.22. The lowest BCUT2D eigenvalue weighted by atomic mass is 10.0. The van der Waals surface area contributed by atoms with Crippen LogP contribution in [0.5, 0.6) is 0 Å². The number of anilines is 1. The summed E-state index contributed by atoms with van der Waals surface area (Å²) in [7, 11) is 0. The van der Waals surface area contributed by atoms with Crippen molar-refractivity contribution in [2.75, 3.05) is 5.73 Å². The van der Waals surface area contributed by atoms with Crippen LogP contribution in [0.1, 0.15) is 5.56 Å². The molecule has 3 rings (SSSR count). The Bertz CT molecular complexity index is 947. The van der Waals surface area contributed by atoms with E-state index in [1.807, 2.05) is 23.6 Å². The molecule has 0 saturated carbocycles. The molecule has 0 aliphatic rings. The number of pyridine rings is 1. The Labute approximate surface area is 155 Å². The number of halogens is 3. The zero-order chi connectivity index (χ0) is 16.6. The average Bonchev–Trinajstić information content (AvgIpc) is 2.95. The predicted octanol–water partition coefficient (Wildman–Crippen LogP) is 6.00. The first-order chi connectivity index (χ1) is 11.0. The second-order valence-electron chi connectivity index (χ2n) is 4.69. The zero-order valence-corrected chi connectivity index (χ0v) is 15.4. The van der Waals surface area contributed by atoms with Gasteiger partial charge in [-0.05, 0) is 40.2 Å². The van der Waals surface area contributed by atoms with Crippen LogP contribution in [0.15, 0.2) is 40.2 Å². The van der Waals surface area contributed by atoms with Gasteiger partial charge in [-0.25, -0.2) is 4.98 Å². The number of nitrogens with two attached hydrogens (primary N) is 1. The Morgan fingerprint density at radius 3 is 2.57 bits per heavy atom. The van der Waals surface area contributed by atoms with Gasteiger partial charge in [-0.3, -0.25) is 0 Å². The van der Waals surface area contributed by atoms with Crippen molar-refractivity contribution in [3.05, 3.63) is 55.8 Å². The standard InChI is InChI=1S/C16H8BrCl2N3S/c17-9-4-15(23-7-9)10-5-14(22-16(21)11(10)6-20)8-1-2-12(18)13(19)3-8/h1-5,7H,(H2,21,22). The van der Waals surface area contributed by atoms with Gasteiger partial charge in [-0.1, -0.05) is 29.3 Å². The molecule has 0 saturated heterocycles. The Hall–Kier alpha value is -1.58. The summed E-state index contributed by atoms with van der Waals surface area (Å²) in [6.45, 7) is 0. The zero-order valence-electron chi connectivity index (χ0n) is 11.5. The SMILES string of the molecule is N#Cc1c(-c2cc(Br)cs2)cc(-c2ccc(Cl)c(Cl)c2)nc1N. The van der Waals surface area contributed by atoms with Gasteiger partial charge in [0.05, 0.1) is 15.7 Å². The second kappa shape index (κ2) is 6.50. The van der Waals surface area contributed by atoms with Gasteiger partial charge in [0.15, 0.2) is 0 Å². The number of aromatic nitrogens is 1. The van der Waals surface area contributed by atoms with Crippen molar-refractivity contribution >= 4 is 56.3 Å². The molecule has 2 N–H and O–H groups in total. The highest BCUT2D eigenvalue weighted by Gasteiger charge is 2.15. The number of thiophene rings is 1. The van der Waals surface area contributed by atoms with Gasteiger partial charge >= 0.3 is 0 Å². The summed E-state index contributed by atoms with van der Waals surface area (Å²) in [6, 6.07) is 11.2. The topological polar surface area (TPSA) is 62.7 Å². The van der Waals surface area contributed by atoms with Gasteiger partial charge in [0.1, 0.15) is 17.5 Å². The normalized spacial score (nSPS) is 10.5. The van der Waals surface area contributed by atoms with Crippen LogP contribution in [-0.4, -0.2) is 4.98 Å². The van der Waals surface area contributed by atoms with Crippen LogP contribution >= 0.6 is 50.5 Å². The van der Waals surface area contributed by atoms with Crippen LogP contribution in [0, 0.1) is 11.3 Å². The molecule has 7 heteroatoms. The van der Waals surface area contributed by atoms with Gasteiger partial charge in [0.25, 0.3) is 0 Å². The largest absolute Gasteiger partial charge is 0.383 e. The molecule has 3 nitrogen and oxygen atoms in total. The lowest BCUT2D eigenvalue weighted by molar-refractivity contribution is 1.31. The highest BCUT2D eigenvalue weighted by molar-refractivity contribution is 9.10. The number of nitrogens with zero attached hydrogens (tertiary/aromatic N) is 2. The maximum Gasteiger partial charge on any atom is 0.142 e. The Morgan fingerprint density at radius 1 is 1.17 bits per heavy atom. The first-order valence-corrected chi connectivity index (χ1v) is 8.83. The molecule has 0 unspecified atom stereocenters. The molecule has 0 spiro atoms. The van der Waals surface area contributed by atoms with Crippen molar-refractivity contribution in [3.8, 4) is 27.8 Å². The lowest BCUT2D eigenvalue weighted by Gasteiger charge is -2.09. The molecule has 0 atom stereocenters. The van der Waals surface area contributed by atoms with E-state index in [0.717, 1.165) is 20.5 Å². The molecule has 0 aliphatic heterocycles. The third kappa shape index (κ3) is 3.22. The second-order valence-corrected chi connectivity index (χ2v) is 7.33. The van der Waals surface area contributed by atoms with Crippen molar-refractivity contribution in [2.45, 2.75) is 0 Å². The molecule has 2 heterocycles. The number of benzene rings is 1. The number of nitrogen functional groups attached to an aromatic ring is 1. The minimum absolute atomic E-state index is 0.190. The molecular weight excluding hydrogens is 417 g/mol. The first-order valence-electron chi connectivity index (χ1n) is 6.40. The summed E-state index contributed by atoms with van der Waals surface area (Å²) >= 11 is 17.0. The fourth-order valence-corrected chi connectivity index (χ4v) is 3.88. The average molecular weight is 425 g/mol. The summed E-state index contributed by atoms with van der Waals surface area (Å²) in [5.74, 6) is 0.190. The van der Waals surface area contributed by atoms with E-state index in [4.69, 9.17) is 28.9 Å². The third-order valence-corrected chi connectivity index (χ3v) is 5.67. The monoisotopic (exact) mass is 423 g/mol. The van der Waals surface area contributed by atoms with Crippen LogP contribution in [0.3, 0.4) is 0 Å². The lowest BCUT2D eigenvalue weighted by Crippen LogP contribution is -1.99. The van der Waals surface area contributed by atoms with Crippen LogP contribution in [-0.2, 0) is 0 Å². The van der Waals surface area contributed by atoms with Gasteiger partial charge < -0.3 is 5.73 Å². The molecule has 0 radical (unpaired) electrons. The molecule has 0 fully saturated rings. The smallest absolute Gasteiger partial charge is 0.142 e. The number of rotatable bonds is 2. The van der Waals surface area contributed by atoms with E-state index in [2.05, 4.69) is 27.0 Å². The van der Waals surface area contributed by atoms with E-state index >= 15 is 0 Å². The number of hydrogen-bond donors (Lipinski definition) is 1.